The Hall–Kier alpha value is -4.18. The van der Waals surface area contributed by atoms with E-state index in [-0.39, 0.29) is 5.75 Å². The van der Waals surface area contributed by atoms with Crippen molar-refractivity contribution in [2.24, 2.45) is 5.10 Å². The van der Waals surface area contributed by atoms with Crippen molar-refractivity contribution in [2.45, 2.75) is 6.92 Å². The highest BCUT2D eigenvalue weighted by molar-refractivity contribution is 9.10. The van der Waals surface area contributed by atoms with Crippen LogP contribution in [0, 0.1) is 0 Å². The summed E-state index contributed by atoms with van der Waals surface area (Å²) in [5.41, 5.74) is 3.22. The highest BCUT2D eigenvalue weighted by atomic mass is 79.9. The molecule has 3 aromatic carbocycles. The van der Waals surface area contributed by atoms with Gasteiger partial charge in [0.25, 0.3) is 0 Å². The van der Waals surface area contributed by atoms with Gasteiger partial charge in [-0.3, -0.25) is 9.59 Å². The van der Waals surface area contributed by atoms with Crippen LogP contribution in [0.1, 0.15) is 22.8 Å². The number of nitrogens with one attached hydrogen (secondary N) is 2. The van der Waals surface area contributed by atoms with Crippen LogP contribution in [0.2, 0.25) is 0 Å². The van der Waals surface area contributed by atoms with Crippen LogP contribution in [0.25, 0.3) is 0 Å². The van der Waals surface area contributed by atoms with E-state index in [9.17, 15) is 14.4 Å². The molecule has 0 unspecified atom stereocenters. The average molecular weight is 540 g/mol. The molecule has 0 fully saturated rings. The summed E-state index contributed by atoms with van der Waals surface area (Å²) in [5, 5.41) is 6.27. The minimum absolute atomic E-state index is 0.212. The van der Waals surface area contributed by atoms with E-state index >= 15 is 0 Å². The first-order chi connectivity index (χ1) is 16.9. The van der Waals surface area contributed by atoms with Crippen molar-refractivity contribution in [1.29, 1.82) is 0 Å². The molecular weight excluding hydrogens is 518 g/mol. The number of nitrogens with zero attached hydrogens (tertiary/aromatic N) is 1. The Labute approximate surface area is 210 Å². The fourth-order valence-corrected chi connectivity index (χ4v) is 3.24. The molecule has 180 valence electrons. The van der Waals surface area contributed by atoms with Crippen molar-refractivity contribution in [1.82, 2.24) is 5.43 Å². The lowest BCUT2D eigenvalue weighted by Gasteiger charge is -2.09. The van der Waals surface area contributed by atoms with Crippen molar-refractivity contribution in [2.75, 3.05) is 19.0 Å². The van der Waals surface area contributed by atoms with Crippen LogP contribution in [0.5, 0.6) is 17.2 Å². The molecular formula is C25H22BrN3O6. The summed E-state index contributed by atoms with van der Waals surface area (Å²) in [5.74, 6) is -1.23. The molecule has 0 radical (unpaired) electrons. The van der Waals surface area contributed by atoms with Gasteiger partial charge < -0.3 is 19.5 Å². The molecule has 0 aliphatic carbocycles. The summed E-state index contributed by atoms with van der Waals surface area (Å²) in [6.45, 7) is 2.39. The minimum atomic E-state index is -0.991. The minimum Gasteiger partial charge on any atom is -0.495 e. The predicted molar refractivity (Wildman–Crippen MR) is 134 cm³/mol. The highest BCUT2D eigenvalue weighted by Gasteiger charge is 2.16. The first-order valence-corrected chi connectivity index (χ1v) is 11.2. The van der Waals surface area contributed by atoms with Crippen LogP contribution in [0.4, 0.5) is 5.69 Å². The maximum atomic E-state index is 12.6. The monoisotopic (exact) mass is 539 g/mol. The molecule has 0 aliphatic rings. The quantitative estimate of drug-likeness (QED) is 0.146. The fraction of sp³-hybridized carbons (Fsp3) is 0.120. The molecule has 10 heteroatoms. The maximum absolute atomic E-state index is 12.6. The number of anilines is 1. The molecule has 9 nitrogen and oxygen atoms in total. The lowest BCUT2D eigenvalue weighted by atomic mass is 10.2. The number of carbonyl (C=O) groups excluding carboxylic acids is 3. The molecule has 0 aromatic heterocycles. The summed E-state index contributed by atoms with van der Waals surface area (Å²) >= 11 is 3.35. The lowest BCUT2D eigenvalue weighted by Crippen LogP contribution is -2.32. The van der Waals surface area contributed by atoms with Crippen LogP contribution in [-0.4, -0.2) is 37.7 Å². The maximum Gasteiger partial charge on any atom is 0.343 e. The second kappa shape index (κ2) is 12.3. The van der Waals surface area contributed by atoms with Crippen molar-refractivity contribution >= 4 is 45.6 Å². The van der Waals surface area contributed by atoms with Crippen LogP contribution < -0.4 is 25.0 Å². The largest absolute Gasteiger partial charge is 0.495 e. The van der Waals surface area contributed by atoms with Crippen LogP contribution in [-0.2, 0) is 9.59 Å². The smallest absolute Gasteiger partial charge is 0.343 e. The average Bonchev–Trinajstić information content (AvgIpc) is 2.86. The van der Waals surface area contributed by atoms with Gasteiger partial charge in [-0.2, -0.15) is 5.10 Å². The molecule has 3 rings (SSSR count). The van der Waals surface area contributed by atoms with E-state index in [4.69, 9.17) is 14.2 Å². The van der Waals surface area contributed by atoms with Crippen molar-refractivity contribution in [3.63, 3.8) is 0 Å². The van der Waals surface area contributed by atoms with Gasteiger partial charge in [-0.05, 0) is 61.5 Å². The van der Waals surface area contributed by atoms with E-state index in [0.717, 1.165) is 0 Å². The number of hydrogen-bond donors (Lipinski definition) is 2. The topological polar surface area (TPSA) is 115 Å². The van der Waals surface area contributed by atoms with Gasteiger partial charge >= 0.3 is 17.8 Å². The van der Waals surface area contributed by atoms with E-state index in [1.807, 2.05) is 6.92 Å². The first kappa shape index (κ1) is 25.4. The predicted octanol–water partition coefficient (Wildman–Crippen LogP) is 4.16. The third-order valence-corrected chi connectivity index (χ3v) is 5.00. The van der Waals surface area contributed by atoms with Crippen molar-refractivity contribution in [3.05, 3.63) is 82.3 Å². The van der Waals surface area contributed by atoms with Gasteiger partial charge in [-0.25, -0.2) is 10.2 Å². The van der Waals surface area contributed by atoms with Gasteiger partial charge in [0, 0.05) is 10.0 Å². The standard InChI is InChI=1S/C25H22BrN3O6/c1-3-34-19-11-8-16(9-12-19)25(32)35-21-13-10-18(26)14-17(21)15-27-29-24(31)23(30)28-20-6-4-5-7-22(20)33-2/h4-15H,3H2,1-2H3,(H,28,30)(H,29,31)/b27-15-. The molecule has 2 amide bonds. The van der Waals surface area contributed by atoms with E-state index < -0.39 is 17.8 Å². The van der Waals surface area contributed by atoms with Gasteiger partial charge in [0.15, 0.2) is 0 Å². The van der Waals surface area contributed by atoms with E-state index in [1.54, 1.807) is 66.7 Å². The van der Waals surface area contributed by atoms with Gasteiger partial charge in [-0.15, -0.1) is 0 Å². The first-order valence-electron chi connectivity index (χ1n) is 10.4. The molecule has 0 spiro atoms. The number of benzene rings is 3. The number of hydrogen-bond acceptors (Lipinski definition) is 7. The zero-order valence-electron chi connectivity index (χ0n) is 18.9. The van der Waals surface area contributed by atoms with Gasteiger partial charge in [0.2, 0.25) is 0 Å². The zero-order valence-corrected chi connectivity index (χ0v) is 20.5. The Morgan fingerprint density at radius 1 is 0.971 bits per heavy atom. The Bertz CT molecular complexity index is 1240. The van der Waals surface area contributed by atoms with Crippen LogP contribution >= 0.6 is 15.9 Å². The Kier molecular flexibility index (Phi) is 8.96. The number of para-hydroxylation sites is 2. The number of ether oxygens (including phenoxy) is 3. The Morgan fingerprint density at radius 2 is 1.71 bits per heavy atom. The van der Waals surface area contributed by atoms with Crippen LogP contribution in [0.15, 0.2) is 76.3 Å². The lowest BCUT2D eigenvalue weighted by molar-refractivity contribution is -0.136. The van der Waals surface area contributed by atoms with Crippen molar-refractivity contribution < 1.29 is 28.6 Å². The number of halogens is 1. The molecule has 0 heterocycles. The highest BCUT2D eigenvalue weighted by Crippen LogP contribution is 2.24. The number of rotatable bonds is 8. The second-order valence-electron chi connectivity index (χ2n) is 6.88. The number of methoxy groups -OCH3 is 1. The molecule has 0 bridgehead atoms. The second-order valence-corrected chi connectivity index (χ2v) is 7.80. The van der Waals surface area contributed by atoms with Gasteiger partial charge in [-0.1, -0.05) is 28.1 Å². The molecule has 3 aromatic rings. The third-order valence-electron chi connectivity index (χ3n) is 4.51. The summed E-state index contributed by atoms with van der Waals surface area (Å²) in [4.78, 5) is 36.9. The summed E-state index contributed by atoms with van der Waals surface area (Å²) in [6.07, 6.45) is 1.26. The zero-order chi connectivity index (χ0) is 25.2. The molecule has 35 heavy (non-hydrogen) atoms. The summed E-state index contributed by atoms with van der Waals surface area (Å²) in [7, 11) is 1.45. The van der Waals surface area contributed by atoms with Crippen molar-refractivity contribution in [3.8, 4) is 17.2 Å². The molecule has 0 saturated carbocycles. The number of carbonyl (C=O) groups is 3. The number of hydrazone groups is 1. The summed E-state index contributed by atoms with van der Waals surface area (Å²) < 4.78 is 16.7. The summed E-state index contributed by atoms with van der Waals surface area (Å²) in [6, 6.07) is 18.1. The molecule has 0 saturated heterocycles. The SMILES string of the molecule is CCOc1ccc(C(=O)Oc2ccc(Br)cc2/C=N\NC(=O)C(=O)Nc2ccccc2OC)cc1. The normalized spacial score (nSPS) is 10.5. The molecule has 2 N–H and O–H groups in total. The fourth-order valence-electron chi connectivity index (χ4n) is 2.86. The van der Waals surface area contributed by atoms with E-state index in [1.165, 1.54) is 13.3 Å². The number of esters is 1. The van der Waals surface area contributed by atoms with Gasteiger partial charge in [0.05, 0.1) is 31.2 Å². The third kappa shape index (κ3) is 7.15. The Morgan fingerprint density at radius 3 is 2.43 bits per heavy atom. The Balaban J connectivity index is 1.66. The molecule has 0 atom stereocenters. The molecule has 0 aliphatic heterocycles. The van der Waals surface area contributed by atoms with Gasteiger partial charge in [0.1, 0.15) is 17.2 Å². The number of amides is 2. The van der Waals surface area contributed by atoms with Crippen LogP contribution in [0.3, 0.4) is 0 Å². The van der Waals surface area contributed by atoms with E-state index in [0.29, 0.717) is 39.4 Å². The van der Waals surface area contributed by atoms with E-state index in [2.05, 4.69) is 31.8 Å².